The normalized spacial score (nSPS) is 19.0. The molecule has 0 fully saturated rings. The predicted molar refractivity (Wildman–Crippen MR) is 137 cm³/mol. The monoisotopic (exact) mass is 466 g/mol. The minimum atomic E-state index is -0.292. The van der Waals surface area contributed by atoms with Gasteiger partial charge in [0, 0.05) is 23.4 Å². The van der Waals surface area contributed by atoms with Crippen LogP contribution < -0.4 is 5.32 Å². The van der Waals surface area contributed by atoms with Crippen LogP contribution in [0.1, 0.15) is 43.9 Å². The Hall–Kier alpha value is -3.38. The molecule has 1 N–H and O–H groups in total. The molecule has 1 aliphatic heterocycles. The maximum absolute atomic E-state index is 13.5. The summed E-state index contributed by atoms with van der Waals surface area (Å²) in [5.74, 6) is 1.69. The van der Waals surface area contributed by atoms with Crippen molar-refractivity contribution in [2.75, 3.05) is 5.32 Å². The minimum Gasteiger partial charge on any atom is -0.328 e. The van der Waals surface area contributed by atoms with Gasteiger partial charge in [0.25, 0.3) is 0 Å². The zero-order valence-electron chi connectivity index (χ0n) is 19.3. The van der Waals surface area contributed by atoms with E-state index in [1.807, 2.05) is 28.9 Å². The van der Waals surface area contributed by atoms with Gasteiger partial charge in [0.2, 0.25) is 11.1 Å². The van der Waals surface area contributed by atoms with Crippen LogP contribution in [0.25, 0.3) is 10.8 Å². The van der Waals surface area contributed by atoms with Crippen LogP contribution in [0.5, 0.6) is 0 Å². The molecule has 1 aliphatic carbocycles. The van der Waals surface area contributed by atoms with Crippen LogP contribution in [-0.4, -0.2) is 20.5 Å². The molecule has 0 saturated heterocycles. The summed E-state index contributed by atoms with van der Waals surface area (Å²) in [4.78, 5) is 18.4. The fraction of sp³-hybridized carbons (Fsp3) is 0.250. The Morgan fingerprint density at radius 1 is 1.00 bits per heavy atom. The van der Waals surface area contributed by atoms with E-state index in [-0.39, 0.29) is 17.2 Å². The van der Waals surface area contributed by atoms with Gasteiger partial charge in [-0.05, 0) is 33.7 Å². The van der Waals surface area contributed by atoms with Crippen LogP contribution in [0.3, 0.4) is 0 Å². The quantitative estimate of drug-likeness (QED) is 0.354. The molecular formula is C28H26N4OS. The largest absolute Gasteiger partial charge is 0.328 e. The Morgan fingerprint density at radius 2 is 1.76 bits per heavy atom. The molecule has 0 saturated carbocycles. The molecule has 6 heteroatoms. The summed E-state index contributed by atoms with van der Waals surface area (Å²) in [6, 6.07) is 24.7. The van der Waals surface area contributed by atoms with Gasteiger partial charge in [-0.3, -0.25) is 4.79 Å². The van der Waals surface area contributed by atoms with Crippen LogP contribution >= 0.6 is 11.8 Å². The van der Waals surface area contributed by atoms with E-state index < -0.39 is 0 Å². The molecule has 0 radical (unpaired) electrons. The molecule has 1 unspecified atom stereocenters. The molecular weight excluding hydrogens is 440 g/mol. The topological polar surface area (TPSA) is 59.8 Å². The zero-order chi connectivity index (χ0) is 23.3. The van der Waals surface area contributed by atoms with E-state index in [0.29, 0.717) is 17.5 Å². The number of benzene rings is 3. The van der Waals surface area contributed by atoms with E-state index in [1.54, 1.807) is 11.8 Å². The third kappa shape index (κ3) is 3.72. The number of thioether (sulfide) groups is 1. The molecule has 0 bridgehead atoms. The van der Waals surface area contributed by atoms with Crippen molar-refractivity contribution in [1.82, 2.24) is 14.8 Å². The summed E-state index contributed by atoms with van der Waals surface area (Å²) in [6.45, 7) is 4.31. The lowest BCUT2D eigenvalue weighted by Crippen LogP contribution is -2.36. The fourth-order valence-electron chi connectivity index (χ4n) is 5.15. The van der Waals surface area contributed by atoms with Crippen LogP contribution in [0.15, 0.2) is 89.2 Å². The SMILES string of the molecule is CC1(C)CC(=O)C2=C(C1)Nc1nc(SCc3ccccc3)nn1C2c1cccc2ccccc12. The Morgan fingerprint density at radius 3 is 2.62 bits per heavy atom. The number of Topliss-reactive ketones (excluding diaryl/α,β-unsaturated/α-hetero) is 1. The molecule has 34 heavy (non-hydrogen) atoms. The summed E-state index contributed by atoms with van der Waals surface area (Å²) < 4.78 is 1.92. The number of hydrogen-bond donors (Lipinski definition) is 1. The first kappa shape index (κ1) is 21.2. The van der Waals surface area contributed by atoms with Gasteiger partial charge in [-0.25, -0.2) is 4.68 Å². The van der Waals surface area contributed by atoms with Crippen LogP contribution in [0, 0.1) is 5.41 Å². The van der Waals surface area contributed by atoms with E-state index in [1.165, 1.54) is 5.56 Å². The van der Waals surface area contributed by atoms with E-state index in [4.69, 9.17) is 10.1 Å². The molecule has 2 heterocycles. The van der Waals surface area contributed by atoms with Crippen LogP contribution in [0.4, 0.5) is 5.95 Å². The number of allylic oxidation sites excluding steroid dienone is 2. The Balaban J connectivity index is 1.47. The summed E-state index contributed by atoms with van der Waals surface area (Å²) in [5.41, 5.74) is 4.05. The van der Waals surface area contributed by atoms with Gasteiger partial charge in [0.15, 0.2) is 5.78 Å². The first-order valence-corrected chi connectivity index (χ1v) is 12.6. The fourth-order valence-corrected chi connectivity index (χ4v) is 5.93. The van der Waals surface area contributed by atoms with Gasteiger partial charge in [-0.2, -0.15) is 4.98 Å². The predicted octanol–water partition coefficient (Wildman–Crippen LogP) is 6.38. The molecule has 4 aromatic rings. The number of nitrogens with zero attached hydrogens (tertiary/aromatic N) is 3. The molecule has 3 aromatic carbocycles. The highest BCUT2D eigenvalue weighted by atomic mass is 32.2. The summed E-state index contributed by atoms with van der Waals surface area (Å²) >= 11 is 1.62. The maximum Gasteiger partial charge on any atom is 0.227 e. The molecule has 1 aromatic heterocycles. The van der Waals surface area contributed by atoms with Crippen molar-refractivity contribution in [3.63, 3.8) is 0 Å². The smallest absolute Gasteiger partial charge is 0.227 e. The minimum absolute atomic E-state index is 0.0840. The lowest BCUT2D eigenvalue weighted by Gasteiger charge is -2.38. The number of rotatable bonds is 4. The first-order valence-electron chi connectivity index (χ1n) is 11.6. The molecule has 0 spiro atoms. The van der Waals surface area contributed by atoms with Crippen molar-refractivity contribution in [2.45, 2.75) is 43.6 Å². The summed E-state index contributed by atoms with van der Waals surface area (Å²) in [7, 11) is 0. The second-order valence-electron chi connectivity index (χ2n) is 9.87. The van der Waals surface area contributed by atoms with E-state index >= 15 is 0 Å². The number of ketones is 1. The molecule has 2 aliphatic rings. The molecule has 6 rings (SSSR count). The van der Waals surface area contributed by atoms with Crippen molar-refractivity contribution >= 4 is 34.3 Å². The number of aromatic nitrogens is 3. The highest BCUT2D eigenvalue weighted by Crippen LogP contribution is 2.46. The Kier molecular flexibility index (Phi) is 5.06. The molecule has 0 amide bonds. The molecule has 170 valence electrons. The average Bonchev–Trinajstić information content (AvgIpc) is 3.23. The number of carbonyl (C=O) groups is 1. The van der Waals surface area contributed by atoms with Gasteiger partial charge in [0.05, 0.1) is 0 Å². The zero-order valence-corrected chi connectivity index (χ0v) is 20.1. The number of nitrogens with one attached hydrogen (secondary N) is 1. The summed E-state index contributed by atoms with van der Waals surface area (Å²) in [5, 5.41) is 11.4. The number of carbonyl (C=O) groups excluding carboxylic acids is 1. The van der Waals surface area contributed by atoms with Crippen molar-refractivity contribution in [1.29, 1.82) is 0 Å². The van der Waals surface area contributed by atoms with Gasteiger partial charge >= 0.3 is 0 Å². The number of hydrogen-bond acceptors (Lipinski definition) is 5. The van der Waals surface area contributed by atoms with Gasteiger partial charge in [0.1, 0.15) is 6.04 Å². The van der Waals surface area contributed by atoms with Crippen molar-refractivity contribution in [2.24, 2.45) is 5.41 Å². The molecule has 5 nitrogen and oxygen atoms in total. The maximum atomic E-state index is 13.5. The number of anilines is 1. The highest BCUT2D eigenvalue weighted by molar-refractivity contribution is 7.98. The molecule has 1 atom stereocenters. The third-order valence-electron chi connectivity index (χ3n) is 6.64. The van der Waals surface area contributed by atoms with Gasteiger partial charge in [-0.1, -0.05) is 98.4 Å². The first-order chi connectivity index (χ1) is 16.5. The second-order valence-corrected chi connectivity index (χ2v) is 10.8. The Bertz CT molecular complexity index is 1430. The Labute approximate surface area is 203 Å². The standard InChI is InChI=1S/C28H26N4OS/c1-28(2)15-22-24(23(33)16-28)25(21-14-8-12-19-11-6-7-13-20(19)21)32-26(29-22)30-27(31-32)34-17-18-9-4-3-5-10-18/h3-14,25H,15-17H2,1-2H3,(H,29,30,31). The van der Waals surface area contributed by atoms with Crippen LogP contribution in [-0.2, 0) is 10.5 Å². The van der Waals surface area contributed by atoms with Gasteiger partial charge < -0.3 is 5.32 Å². The average molecular weight is 467 g/mol. The number of fused-ring (bicyclic) bond motifs is 2. The van der Waals surface area contributed by atoms with Crippen molar-refractivity contribution < 1.29 is 4.79 Å². The van der Waals surface area contributed by atoms with Crippen LogP contribution in [0.2, 0.25) is 0 Å². The highest BCUT2D eigenvalue weighted by Gasteiger charge is 2.42. The summed E-state index contributed by atoms with van der Waals surface area (Å²) in [6.07, 6.45) is 1.35. The van der Waals surface area contributed by atoms with E-state index in [2.05, 4.69) is 67.7 Å². The van der Waals surface area contributed by atoms with E-state index in [9.17, 15) is 4.79 Å². The van der Waals surface area contributed by atoms with Crippen molar-refractivity contribution in [3.8, 4) is 0 Å². The van der Waals surface area contributed by atoms with E-state index in [0.717, 1.165) is 39.8 Å². The van der Waals surface area contributed by atoms with Crippen molar-refractivity contribution in [3.05, 3.63) is 95.2 Å². The second kappa shape index (κ2) is 8.13. The third-order valence-corrected chi connectivity index (χ3v) is 7.55. The van der Waals surface area contributed by atoms with Gasteiger partial charge in [-0.15, -0.1) is 5.10 Å². The lowest BCUT2D eigenvalue weighted by atomic mass is 9.73. The lowest BCUT2D eigenvalue weighted by molar-refractivity contribution is -0.118.